The van der Waals surface area contributed by atoms with Crippen molar-refractivity contribution >= 4 is 27.4 Å². The van der Waals surface area contributed by atoms with Crippen molar-refractivity contribution in [1.82, 2.24) is 0 Å². The molecule has 0 fully saturated rings. The molecular formula is C12H15ClO4S. The topological polar surface area (TPSA) is 60.4 Å². The predicted molar refractivity (Wildman–Crippen MR) is 69.7 cm³/mol. The van der Waals surface area contributed by atoms with Gasteiger partial charge in [-0.05, 0) is 39.0 Å². The molecule has 1 aromatic carbocycles. The summed E-state index contributed by atoms with van der Waals surface area (Å²) in [6, 6.07) is 4.04. The summed E-state index contributed by atoms with van der Waals surface area (Å²) in [5.74, 6) is -0.580. The first-order chi connectivity index (χ1) is 8.00. The number of hydrogen-bond donors (Lipinski definition) is 0. The molecule has 4 nitrogen and oxygen atoms in total. The lowest BCUT2D eigenvalue weighted by atomic mass is 10.1. The highest BCUT2D eigenvalue weighted by Gasteiger charge is 2.20. The fourth-order valence-corrected chi connectivity index (χ4v) is 2.55. The van der Waals surface area contributed by atoms with Crippen molar-refractivity contribution in [2.24, 2.45) is 0 Å². The summed E-state index contributed by atoms with van der Waals surface area (Å²) >= 11 is 5.79. The van der Waals surface area contributed by atoms with E-state index in [1.54, 1.807) is 20.8 Å². The van der Waals surface area contributed by atoms with Gasteiger partial charge in [-0.1, -0.05) is 11.6 Å². The summed E-state index contributed by atoms with van der Waals surface area (Å²) in [6.45, 7) is 5.20. The van der Waals surface area contributed by atoms with Gasteiger partial charge in [-0.3, -0.25) is 0 Å². The highest BCUT2D eigenvalue weighted by molar-refractivity contribution is 7.90. The second-order valence-corrected chi connectivity index (χ2v) is 7.31. The maximum Gasteiger partial charge on any atom is 0.338 e. The van der Waals surface area contributed by atoms with Gasteiger partial charge in [0.15, 0.2) is 9.84 Å². The van der Waals surface area contributed by atoms with Gasteiger partial charge in [0.05, 0.1) is 15.5 Å². The normalized spacial score (nSPS) is 12.3. The molecule has 0 saturated heterocycles. The Bertz CT molecular complexity index is 570. The van der Waals surface area contributed by atoms with Crippen LogP contribution in [-0.2, 0) is 14.6 Å². The Balaban J connectivity index is 3.18. The average molecular weight is 291 g/mol. The van der Waals surface area contributed by atoms with Crippen molar-refractivity contribution in [1.29, 1.82) is 0 Å². The number of halogens is 1. The van der Waals surface area contributed by atoms with E-state index in [9.17, 15) is 13.2 Å². The molecule has 0 amide bonds. The Hall–Kier alpha value is -1.07. The van der Waals surface area contributed by atoms with Crippen molar-refractivity contribution in [2.75, 3.05) is 6.26 Å². The van der Waals surface area contributed by atoms with Gasteiger partial charge in [0.1, 0.15) is 5.60 Å². The molecule has 0 spiro atoms. The molecule has 1 aromatic rings. The fraction of sp³-hybridized carbons (Fsp3) is 0.417. The maximum atomic E-state index is 11.8. The summed E-state index contributed by atoms with van der Waals surface area (Å²) in [6.07, 6.45) is 1.03. The van der Waals surface area contributed by atoms with E-state index in [0.717, 1.165) is 6.26 Å². The minimum Gasteiger partial charge on any atom is -0.456 e. The molecule has 18 heavy (non-hydrogen) atoms. The smallest absolute Gasteiger partial charge is 0.338 e. The van der Waals surface area contributed by atoms with Crippen LogP contribution in [0.15, 0.2) is 23.1 Å². The summed E-state index contributed by atoms with van der Waals surface area (Å²) in [5.41, 5.74) is -0.475. The molecule has 100 valence electrons. The lowest BCUT2D eigenvalue weighted by molar-refractivity contribution is 0.00693. The predicted octanol–water partition coefficient (Wildman–Crippen LogP) is 2.70. The molecular weight excluding hydrogens is 276 g/mol. The number of carbonyl (C=O) groups excluding carboxylic acids is 1. The van der Waals surface area contributed by atoms with E-state index in [-0.39, 0.29) is 15.5 Å². The van der Waals surface area contributed by atoms with E-state index >= 15 is 0 Å². The first-order valence-electron chi connectivity index (χ1n) is 5.24. The van der Waals surface area contributed by atoms with Gasteiger partial charge in [0, 0.05) is 6.26 Å². The van der Waals surface area contributed by atoms with Crippen molar-refractivity contribution in [3.8, 4) is 0 Å². The molecule has 0 atom stereocenters. The van der Waals surface area contributed by atoms with Gasteiger partial charge in [-0.15, -0.1) is 0 Å². The summed E-state index contributed by atoms with van der Waals surface area (Å²) in [5, 5.41) is 0.0878. The standard InChI is InChI=1S/C12H15ClO4S/c1-12(2,3)17-11(14)8-5-6-9(13)10(7-8)18(4,15)16/h5-7H,1-4H3. The highest BCUT2D eigenvalue weighted by Crippen LogP contribution is 2.23. The summed E-state index contributed by atoms with van der Waals surface area (Å²) < 4.78 is 28.1. The molecule has 0 aliphatic heterocycles. The van der Waals surface area contributed by atoms with Gasteiger partial charge < -0.3 is 4.74 Å². The van der Waals surface area contributed by atoms with Crippen LogP contribution < -0.4 is 0 Å². The molecule has 0 aliphatic rings. The third-order valence-corrected chi connectivity index (χ3v) is 3.54. The summed E-state index contributed by atoms with van der Waals surface area (Å²) in [7, 11) is -3.47. The first kappa shape index (κ1) is 15.0. The number of ether oxygens (including phenoxy) is 1. The highest BCUT2D eigenvalue weighted by atomic mass is 35.5. The molecule has 6 heteroatoms. The van der Waals surface area contributed by atoms with Crippen LogP contribution in [0.3, 0.4) is 0 Å². The quantitative estimate of drug-likeness (QED) is 0.786. The van der Waals surface area contributed by atoms with E-state index in [2.05, 4.69) is 0 Å². The number of benzene rings is 1. The molecule has 1 rings (SSSR count). The lowest BCUT2D eigenvalue weighted by Gasteiger charge is -2.19. The largest absolute Gasteiger partial charge is 0.456 e. The Kier molecular flexibility index (Phi) is 4.08. The Labute approximate surface area is 112 Å². The van der Waals surface area contributed by atoms with Gasteiger partial charge in [0.2, 0.25) is 0 Å². The van der Waals surface area contributed by atoms with Crippen molar-refractivity contribution < 1.29 is 17.9 Å². The number of sulfone groups is 1. The Morgan fingerprint density at radius 1 is 1.28 bits per heavy atom. The van der Waals surface area contributed by atoms with Crippen LogP contribution >= 0.6 is 11.6 Å². The lowest BCUT2D eigenvalue weighted by Crippen LogP contribution is -2.24. The molecule has 0 aliphatic carbocycles. The van der Waals surface area contributed by atoms with Crippen LogP contribution in [0.1, 0.15) is 31.1 Å². The minimum atomic E-state index is -3.47. The van der Waals surface area contributed by atoms with Gasteiger partial charge >= 0.3 is 5.97 Å². The van der Waals surface area contributed by atoms with Crippen molar-refractivity contribution in [3.05, 3.63) is 28.8 Å². The Morgan fingerprint density at radius 3 is 2.28 bits per heavy atom. The van der Waals surface area contributed by atoms with Crippen LogP contribution in [0.4, 0.5) is 0 Å². The molecule has 0 radical (unpaired) electrons. The second-order valence-electron chi connectivity index (χ2n) is 4.92. The van der Waals surface area contributed by atoms with E-state index < -0.39 is 21.4 Å². The number of esters is 1. The second kappa shape index (κ2) is 4.90. The third kappa shape index (κ3) is 3.99. The van der Waals surface area contributed by atoms with E-state index in [4.69, 9.17) is 16.3 Å². The SMILES string of the molecule is CC(C)(C)OC(=O)c1ccc(Cl)c(S(C)(=O)=O)c1. The molecule has 0 unspecified atom stereocenters. The van der Waals surface area contributed by atoms with Crippen LogP contribution in [0.5, 0.6) is 0 Å². The van der Waals surface area contributed by atoms with Crippen LogP contribution in [-0.4, -0.2) is 26.2 Å². The van der Waals surface area contributed by atoms with Gasteiger partial charge in [-0.2, -0.15) is 0 Å². The number of rotatable bonds is 2. The van der Waals surface area contributed by atoms with Crippen LogP contribution in [0.2, 0.25) is 5.02 Å². The van der Waals surface area contributed by atoms with E-state index in [0.29, 0.717) is 0 Å². The van der Waals surface area contributed by atoms with Crippen LogP contribution in [0, 0.1) is 0 Å². The molecule has 0 heterocycles. The third-order valence-electron chi connectivity index (χ3n) is 1.97. The first-order valence-corrected chi connectivity index (χ1v) is 7.50. The molecule has 0 bridgehead atoms. The Morgan fingerprint density at radius 2 is 1.83 bits per heavy atom. The van der Waals surface area contributed by atoms with Crippen molar-refractivity contribution in [3.63, 3.8) is 0 Å². The van der Waals surface area contributed by atoms with Crippen molar-refractivity contribution in [2.45, 2.75) is 31.3 Å². The van der Waals surface area contributed by atoms with Gasteiger partial charge in [0.25, 0.3) is 0 Å². The monoisotopic (exact) mass is 290 g/mol. The molecule has 0 saturated carbocycles. The molecule has 0 N–H and O–H groups in total. The fourth-order valence-electron chi connectivity index (χ4n) is 1.25. The van der Waals surface area contributed by atoms with Gasteiger partial charge in [-0.25, -0.2) is 13.2 Å². The van der Waals surface area contributed by atoms with Crippen LogP contribution in [0.25, 0.3) is 0 Å². The zero-order valence-corrected chi connectivity index (χ0v) is 12.2. The minimum absolute atomic E-state index is 0.0764. The zero-order valence-electron chi connectivity index (χ0n) is 10.7. The zero-order chi connectivity index (χ0) is 14.1. The summed E-state index contributed by atoms with van der Waals surface area (Å²) in [4.78, 5) is 11.7. The number of hydrogen-bond acceptors (Lipinski definition) is 4. The van der Waals surface area contributed by atoms with E-state index in [1.807, 2.05) is 0 Å². The molecule has 0 aromatic heterocycles. The maximum absolute atomic E-state index is 11.8. The number of carbonyl (C=O) groups is 1. The average Bonchev–Trinajstić information content (AvgIpc) is 2.13. The van der Waals surface area contributed by atoms with E-state index in [1.165, 1.54) is 18.2 Å².